The number of amides is 1. The lowest BCUT2D eigenvalue weighted by molar-refractivity contribution is -0.137. The lowest BCUT2D eigenvalue weighted by atomic mass is 9.86. The van der Waals surface area contributed by atoms with Gasteiger partial charge < -0.3 is 10.4 Å². The zero-order valence-electron chi connectivity index (χ0n) is 11.4. The lowest BCUT2D eigenvalue weighted by Crippen LogP contribution is -2.37. The number of rotatable bonds is 3. The molecular formula is C14H17F3N2O2. The van der Waals surface area contributed by atoms with Crippen molar-refractivity contribution in [2.75, 3.05) is 6.54 Å². The van der Waals surface area contributed by atoms with Gasteiger partial charge in [0, 0.05) is 18.7 Å². The molecule has 1 aromatic heterocycles. The number of aliphatic hydroxyl groups excluding tert-OH is 1. The summed E-state index contributed by atoms with van der Waals surface area (Å²) >= 11 is 0. The topological polar surface area (TPSA) is 62.2 Å². The lowest BCUT2D eigenvalue weighted by Gasteiger charge is -2.27. The van der Waals surface area contributed by atoms with Gasteiger partial charge in [0.25, 0.3) is 5.91 Å². The number of aromatic nitrogens is 1. The number of hydrogen-bond donors (Lipinski definition) is 2. The average molecular weight is 302 g/mol. The van der Waals surface area contributed by atoms with Gasteiger partial charge in [0.1, 0.15) is 5.69 Å². The Hall–Kier alpha value is -1.63. The number of carbonyl (C=O) groups excluding carboxylic acids is 1. The van der Waals surface area contributed by atoms with Gasteiger partial charge in [-0.25, -0.2) is 0 Å². The van der Waals surface area contributed by atoms with Crippen LogP contribution in [-0.4, -0.2) is 28.6 Å². The van der Waals surface area contributed by atoms with Gasteiger partial charge in [-0.15, -0.1) is 0 Å². The molecule has 2 rings (SSSR count). The minimum atomic E-state index is -4.46. The summed E-state index contributed by atoms with van der Waals surface area (Å²) in [6, 6.07) is 1.88. The predicted molar refractivity (Wildman–Crippen MR) is 69.5 cm³/mol. The Bertz CT molecular complexity index is 488. The van der Waals surface area contributed by atoms with Crippen LogP contribution >= 0.6 is 0 Å². The fourth-order valence-electron chi connectivity index (χ4n) is 2.44. The number of alkyl halides is 3. The zero-order valence-corrected chi connectivity index (χ0v) is 11.4. The van der Waals surface area contributed by atoms with Gasteiger partial charge in [-0.2, -0.15) is 13.2 Å². The van der Waals surface area contributed by atoms with Crippen LogP contribution < -0.4 is 5.32 Å². The maximum atomic E-state index is 12.4. The first-order valence-electron chi connectivity index (χ1n) is 6.87. The van der Waals surface area contributed by atoms with Crippen molar-refractivity contribution in [3.63, 3.8) is 0 Å². The molecule has 2 N–H and O–H groups in total. The van der Waals surface area contributed by atoms with Crippen LogP contribution in [0.25, 0.3) is 0 Å². The largest absolute Gasteiger partial charge is 0.417 e. The van der Waals surface area contributed by atoms with E-state index in [-0.39, 0.29) is 11.6 Å². The Labute approximate surface area is 120 Å². The molecule has 0 aromatic carbocycles. The van der Waals surface area contributed by atoms with E-state index in [0.717, 1.165) is 37.8 Å². The number of nitrogens with one attached hydrogen (secondary N) is 1. The SMILES string of the molecule is O=C(NCC1CCCCC1O)c1ccc(C(F)(F)F)cn1. The summed E-state index contributed by atoms with van der Waals surface area (Å²) in [6.07, 6.45) is -0.707. The van der Waals surface area contributed by atoms with Gasteiger partial charge in [-0.1, -0.05) is 12.8 Å². The normalized spacial score (nSPS) is 22.9. The third kappa shape index (κ3) is 4.17. The fraction of sp³-hybridized carbons (Fsp3) is 0.571. The van der Waals surface area contributed by atoms with E-state index in [1.807, 2.05) is 0 Å². The predicted octanol–water partition coefficient (Wildman–Crippen LogP) is 2.38. The third-order valence-corrected chi connectivity index (χ3v) is 3.72. The molecule has 1 saturated carbocycles. The van der Waals surface area contributed by atoms with E-state index in [4.69, 9.17) is 0 Å². The van der Waals surface area contributed by atoms with E-state index >= 15 is 0 Å². The Morgan fingerprint density at radius 2 is 2.05 bits per heavy atom. The van der Waals surface area contributed by atoms with E-state index < -0.39 is 23.8 Å². The molecule has 1 heterocycles. The van der Waals surface area contributed by atoms with Crippen molar-refractivity contribution >= 4 is 5.91 Å². The van der Waals surface area contributed by atoms with Crippen molar-refractivity contribution in [1.29, 1.82) is 0 Å². The Balaban J connectivity index is 1.91. The van der Waals surface area contributed by atoms with Crippen molar-refractivity contribution < 1.29 is 23.1 Å². The summed E-state index contributed by atoms with van der Waals surface area (Å²) in [5, 5.41) is 12.4. The van der Waals surface area contributed by atoms with Crippen LogP contribution in [0.1, 0.15) is 41.7 Å². The third-order valence-electron chi connectivity index (χ3n) is 3.72. The number of aliphatic hydroxyl groups is 1. The van der Waals surface area contributed by atoms with E-state index in [0.29, 0.717) is 12.7 Å². The second-order valence-electron chi connectivity index (χ2n) is 5.25. The smallest absolute Gasteiger partial charge is 0.393 e. The Kier molecular flexibility index (Phi) is 4.82. The molecule has 21 heavy (non-hydrogen) atoms. The molecule has 1 fully saturated rings. The molecule has 0 aliphatic heterocycles. The first kappa shape index (κ1) is 15.8. The molecule has 0 saturated heterocycles. The summed E-state index contributed by atoms with van der Waals surface area (Å²) in [6.45, 7) is 0.308. The fourth-order valence-corrected chi connectivity index (χ4v) is 2.44. The van der Waals surface area contributed by atoms with E-state index in [1.165, 1.54) is 0 Å². The molecule has 1 aliphatic rings. The molecule has 2 unspecified atom stereocenters. The molecule has 0 spiro atoms. The number of hydrogen-bond acceptors (Lipinski definition) is 3. The van der Waals surface area contributed by atoms with Gasteiger partial charge in [-0.3, -0.25) is 9.78 Å². The van der Waals surface area contributed by atoms with Crippen molar-refractivity contribution in [3.05, 3.63) is 29.6 Å². The van der Waals surface area contributed by atoms with Gasteiger partial charge in [0.15, 0.2) is 0 Å². The van der Waals surface area contributed by atoms with Crippen molar-refractivity contribution in [2.24, 2.45) is 5.92 Å². The summed E-state index contributed by atoms with van der Waals surface area (Å²) < 4.78 is 37.2. The van der Waals surface area contributed by atoms with E-state index in [9.17, 15) is 23.1 Å². The summed E-state index contributed by atoms with van der Waals surface area (Å²) in [4.78, 5) is 15.4. The van der Waals surface area contributed by atoms with Crippen LogP contribution in [0.5, 0.6) is 0 Å². The van der Waals surface area contributed by atoms with Gasteiger partial charge in [-0.05, 0) is 25.0 Å². The molecule has 116 valence electrons. The first-order chi connectivity index (χ1) is 9.88. The zero-order chi connectivity index (χ0) is 15.5. The maximum Gasteiger partial charge on any atom is 0.417 e. The summed E-state index contributed by atoms with van der Waals surface area (Å²) in [5.74, 6) is -0.529. The monoisotopic (exact) mass is 302 g/mol. The van der Waals surface area contributed by atoms with Crippen LogP contribution in [0.15, 0.2) is 18.3 Å². The van der Waals surface area contributed by atoms with Gasteiger partial charge >= 0.3 is 6.18 Å². The second-order valence-corrected chi connectivity index (χ2v) is 5.25. The quantitative estimate of drug-likeness (QED) is 0.901. The van der Waals surface area contributed by atoms with Crippen LogP contribution in [0.4, 0.5) is 13.2 Å². The number of carbonyl (C=O) groups is 1. The highest BCUT2D eigenvalue weighted by atomic mass is 19.4. The molecule has 0 bridgehead atoms. The Morgan fingerprint density at radius 3 is 2.62 bits per heavy atom. The average Bonchev–Trinajstić information content (AvgIpc) is 2.45. The van der Waals surface area contributed by atoms with Crippen LogP contribution in [0, 0.1) is 5.92 Å². The van der Waals surface area contributed by atoms with Crippen molar-refractivity contribution in [3.8, 4) is 0 Å². The van der Waals surface area contributed by atoms with E-state index in [2.05, 4.69) is 10.3 Å². The molecule has 2 atom stereocenters. The van der Waals surface area contributed by atoms with Crippen LogP contribution in [-0.2, 0) is 6.18 Å². The first-order valence-corrected chi connectivity index (χ1v) is 6.87. The Morgan fingerprint density at radius 1 is 1.33 bits per heavy atom. The van der Waals surface area contributed by atoms with Gasteiger partial charge in [0.05, 0.1) is 11.7 Å². The number of nitrogens with zero attached hydrogens (tertiary/aromatic N) is 1. The second kappa shape index (κ2) is 6.43. The molecule has 7 heteroatoms. The van der Waals surface area contributed by atoms with Crippen LogP contribution in [0.2, 0.25) is 0 Å². The standard InChI is InChI=1S/C14H17F3N2O2/c15-14(16,17)10-5-6-11(18-8-10)13(21)19-7-9-3-1-2-4-12(9)20/h5-6,8-9,12,20H,1-4,7H2,(H,19,21). The number of pyridine rings is 1. The van der Waals surface area contributed by atoms with E-state index in [1.54, 1.807) is 0 Å². The van der Waals surface area contributed by atoms with Gasteiger partial charge in [0.2, 0.25) is 0 Å². The molecule has 4 nitrogen and oxygen atoms in total. The minimum Gasteiger partial charge on any atom is -0.393 e. The van der Waals surface area contributed by atoms with Crippen LogP contribution in [0.3, 0.4) is 0 Å². The highest BCUT2D eigenvalue weighted by Crippen LogP contribution is 2.28. The minimum absolute atomic E-state index is 0.00264. The molecule has 1 aromatic rings. The number of halogens is 3. The summed E-state index contributed by atoms with van der Waals surface area (Å²) in [5.41, 5.74) is -0.949. The summed E-state index contributed by atoms with van der Waals surface area (Å²) in [7, 11) is 0. The van der Waals surface area contributed by atoms with Crippen molar-refractivity contribution in [1.82, 2.24) is 10.3 Å². The molecule has 1 amide bonds. The highest BCUT2D eigenvalue weighted by molar-refractivity contribution is 5.92. The maximum absolute atomic E-state index is 12.4. The highest BCUT2D eigenvalue weighted by Gasteiger charge is 2.31. The molecular weight excluding hydrogens is 285 g/mol. The molecule has 0 radical (unpaired) electrons. The molecule has 1 aliphatic carbocycles. The van der Waals surface area contributed by atoms with Crippen molar-refractivity contribution in [2.45, 2.75) is 38.0 Å².